The average Bonchev–Trinajstić information content (AvgIpc) is 2.26. The number of phenolic OH excluding ortho intramolecular Hbond substituents is 1. The third-order valence-electron chi connectivity index (χ3n) is 2.31. The minimum atomic E-state index is -2.14. The number of methoxy groups -OCH3 is 3. The highest BCUT2D eigenvalue weighted by Gasteiger charge is 2.30. The number of aromatic hydroxyl groups is 1. The number of aliphatic hydroxyl groups is 2. The van der Waals surface area contributed by atoms with E-state index >= 15 is 0 Å². The SMILES string of the molecule is COc1cc(C(C)(O)O)c(OC)c(OC)c1O. The molecule has 0 saturated heterocycles. The van der Waals surface area contributed by atoms with Crippen LogP contribution in [0.1, 0.15) is 12.5 Å². The van der Waals surface area contributed by atoms with Crippen LogP contribution in [-0.4, -0.2) is 36.6 Å². The number of hydrogen-bond donors (Lipinski definition) is 3. The molecule has 1 rings (SSSR count). The maximum Gasteiger partial charge on any atom is 0.207 e. The van der Waals surface area contributed by atoms with Gasteiger partial charge < -0.3 is 29.5 Å². The number of ether oxygens (including phenoxy) is 3. The number of rotatable bonds is 4. The lowest BCUT2D eigenvalue weighted by Gasteiger charge is -2.22. The van der Waals surface area contributed by atoms with Gasteiger partial charge in [-0.1, -0.05) is 0 Å². The van der Waals surface area contributed by atoms with Gasteiger partial charge in [0, 0.05) is 0 Å². The maximum atomic E-state index is 9.80. The van der Waals surface area contributed by atoms with Gasteiger partial charge in [-0.3, -0.25) is 0 Å². The van der Waals surface area contributed by atoms with Crippen molar-refractivity contribution >= 4 is 0 Å². The smallest absolute Gasteiger partial charge is 0.207 e. The summed E-state index contributed by atoms with van der Waals surface area (Å²) in [5.41, 5.74) is 0.0338. The topological polar surface area (TPSA) is 88.4 Å². The molecular weight excluding hydrogens is 228 g/mol. The zero-order valence-electron chi connectivity index (χ0n) is 10.1. The van der Waals surface area contributed by atoms with E-state index in [9.17, 15) is 15.3 Å². The van der Waals surface area contributed by atoms with Crippen LogP contribution < -0.4 is 14.2 Å². The highest BCUT2D eigenvalue weighted by atomic mass is 16.5. The predicted octanol–water partition coefficient (Wildman–Crippen LogP) is 0.575. The van der Waals surface area contributed by atoms with Crippen molar-refractivity contribution in [2.75, 3.05) is 21.3 Å². The molecule has 0 aliphatic carbocycles. The van der Waals surface area contributed by atoms with Gasteiger partial charge in [0.15, 0.2) is 17.3 Å². The molecule has 0 spiro atoms. The van der Waals surface area contributed by atoms with Crippen LogP contribution in [0.3, 0.4) is 0 Å². The minimum absolute atomic E-state index is 0.0174. The molecule has 0 atom stereocenters. The summed E-state index contributed by atoms with van der Waals surface area (Å²) in [7, 11) is 4.00. The molecule has 0 aromatic heterocycles. The Morgan fingerprint density at radius 3 is 1.88 bits per heavy atom. The fourth-order valence-electron chi connectivity index (χ4n) is 1.51. The van der Waals surface area contributed by atoms with Crippen LogP contribution in [0.4, 0.5) is 0 Å². The van der Waals surface area contributed by atoms with E-state index in [1.165, 1.54) is 34.3 Å². The molecule has 6 nitrogen and oxygen atoms in total. The second kappa shape index (κ2) is 4.68. The van der Waals surface area contributed by atoms with Crippen LogP contribution in [0.2, 0.25) is 0 Å². The zero-order valence-corrected chi connectivity index (χ0v) is 10.1. The first kappa shape index (κ1) is 13.4. The van der Waals surface area contributed by atoms with Crippen molar-refractivity contribution in [2.45, 2.75) is 12.7 Å². The van der Waals surface area contributed by atoms with Crippen molar-refractivity contribution in [1.29, 1.82) is 0 Å². The molecule has 0 radical (unpaired) electrons. The highest BCUT2D eigenvalue weighted by Crippen LogP contribution is 2.48. The van der Waals surface area contributed by atoms with Gasteiger partial charge in [0.05, 0.1) is 26.9 Å². The fraction of sp³-hybridized carbons (Fsp3) is 0.455. The summed E-state index contributed by atoms with van der Waals surface area (Å²) in [6, 6.07) is 1.27. The predicted molar refractivity (Wildman–Crippen MR) is 59.6 cm³/mol. The third kappa shape index (κ3) is 2.37. The molecule has 1 aromatic rings. The monoisotopic (exact) mass is 244 g/mol. The summed E-state index contributed by atoms with van der Waals surface area (Å²) in [5.74, 6) is -2.32. The number of benzene rings is 1. The van der Waals surface area contributed by atoms with Gasteiger partial charge in [-0.25, -0.2) is 0 Å². The molecular formula is C11H16O6. The van der Waals surface area contributed by atoms with Crippen LogP contribution in [0.5, 0.6) is 23.0 Å². The molecule has 0 fully saturated rings. The van der Waals surface area contributed by atoms with Gasteiger partial charge in [0.2, 0.25) is 11.5 Å². The maximum absolute atomic E-state index is 9.80. The second-order valence-electron chi connectivity index (χ2n) is 3.56. The Morgan fingerprint density at radius 2 is 1.53 bits per heavy atom. The fourth-order valence-corrected chi connectivity index (χ4v) is 1.51. The zero-order chi connectivity index (χ0) is 13.2. The van der Waals surface area contributed by atoms with Gasteiger partial charge in [-0.05, 0) is 13.0 Å². The lowest BCUT2D eigenvalue weighted by atomic mass is 10.0. The summed E-state index contributed by atoms with van der Waals surface area (Å²) in [4.78, 5) is 0. The van der Waals surface area contributed by atoms with E-state index in [0.717, 1.165) is 0 Å². The van der Waals surface area contributed by atoms with Crippen molar-refractivity contribution in [3.63, 3.8) is 0 Å². The summed E-state index contributed by atoms with van der Waals surface area (Å²) in [6.07, 6.45) is 0. The molecule has 17 heavy (non-hydrogen) atoms. The Balaban J connectivity index is 3.59. The first-order chi connectivity index (χ1) is 7.86. The molecule has 0 unspecified atom stereocenters. The van der Waals surface area contributed by atoms with Gasteiger partial charge in [0.25, 0.3) is 0 Å². The normalized spacial score (nSPS) is 11.2. The Labute approximate surface area is 99.0 Å². The summed E-state index contributed by atoms with van der Waals surface area (Å²) < 4.78 is 14.9. The Bertz CT molecular complexity index is 407. The van der Waals surface area contributed by atoms with Crippen molar-refractivity contribution < 1.29 is 29.5 Å². The summed E-state index contributed by atoms with van der Waals surface area (Å²) >= 11 is 0. The highest BCUT2D eigenvalue weighted by molar-refractivity contribution is 5.62. The van der Waals surface area contributed by atoms with Crippen LogP contribution in [0.25, 0.3) is 0 Å². The van der Waals surface area contributed by atoms with Crippen molar-refractivity contribution in [1.82, 2.24) is 0 Å². The molecule has 0 aliphatic heterocycles. The van der Waals surface area contributed by atoms with Crippen LogP contribution in [0, 0.1) is 0 Å². The van der Waals surface area contributed by atoms with E-state index < -0.39 is 5.79 Å². The van der Waals surface area contributed by atoms with E-state index in [1.54, 1.807) is 0 Å². The van der Waals surface area contributed by atoms with E-state index in [-0.39, 0.29) is 28.6 Å². The van der Waals surface area contributed by atoms with Gasteiger partial charge in [0.1, 0.15) is 0 Å². The Hall–Kier alpha value is -1.66. The average molecular weight is 244 g/mol. The largest absolute Gasteiger partial charge is 0.502 e. The summed E-state index contributed by atoms with van der Waals surface area (Å²) in [6.45, 7) is 1.17. The Kier molecular flexibility index (Phi) is 3.69. The van der Waals surface area contributed by atoms with E-state index in [0.29, 0.717) is 0 Å². The van der Waals surface area contributed by atoms with Crippen LogP contribution in [0.15, 0.2) is 6.07 Å². The molecule has 0 heterocycles. The van der Waals surface area contributed by atoms with Crippen molar-refractivity contribution in [3.8, 4) is 23.0 Å². The molecule has 0 aliphatic rings. The minimum Gasteiger partial charge on any atom is -0.502 e. The third-order valence-corrected chi connectivity index (χ3v) is 2.31. The van der Waals surface area contributed by atoms with Gasteiger partial charge >= 0.3 is 0 Å². The molecule has 6 heteroatoms. The number of phenols is 1. The molecule has 1 aromatic carbocycles. The first-order valence-electron chi connectivity index (χ1n) is 4.84. The lowest BCUT2D eigenvalue weighted by molar-refractivity contribution is -0.153. The first-order valence-corrected chi connectivity index (χ1v) is 4.84. The number of hydrogen-bond acceptors (Lipinski definition) is 6. The molecule has 0 bridgehead atoms. The van der Waals surface area contributed by atoms with Crippen LogP contribution >= 0.6 is 0 Å². The molecule has 0 amide bonds. The molecule has 96 valence electrons. The quantitative estimate of drug-likeness (QED) is 0.671. The van der Waals surface area contributed by atoms with E-state index in [2.05, 4.69) is 0 Å². The van der Waals surface area contributed by atoms with E-state index in [1.807, 2.05) is 0 Å². The van der Waals surface area contributed by atoms with Crippen molar-refractivity contribution in [2.24, 2.45) is 0 Å². The second-order valence-corrected chi connectivity index (χ2v) is 3.56. The molecule has 3 N–H and O–H groups in total. The van der Waals surface area contributed by atoms with Crippen molar-refractivity contribution in [3.05, 3.63) is 11.6 Å². The van der Waals surface area contributed by atoms with Gasteiger partial charge in [-0.15, -0.1) is 0 Å². The Morgan fingerprint density at radius 1 is 1.00 bits per heavy atom. The standard InChI is InChI=1S/C11H16O6/c1-11(13,14)6-5-7(15-2)8(12)10(17-4)9(6)16-3/h5,12-14H,1-4H3. The lowest BCUT2D eigenvalue weighted by Crippen LogP contribution is -2.21. The molecule has 0 saturated carbocycles. The summed E-state index contributed by atoms with van der Waals surface area (Å²) in [5, 5.41) is 29.0. The van der Waals surface area contributed by atoms with Gasteiger partial charge in [-0.2, -0.15) is 0 Å². The van der Waals surface area contributed by atoms with Crippen LogP contribution in [-0.2, 0) is 5.79 Å². The van der Waals surface area contributed by atoms with E-state index in [4.69, 9.17) is 14.2 Å².